The zero-order valence-corrected chi connectivity index (χ0v) is 13.3. The molecule has 0 aliphatic carbocycles. The van der Waals surface area contributed by atoms with Gasteiger partial charge in [-0.2, -0.15) is 0 Å². The summed E-state index contributed by atoms with van der Waals surface area (Å²) in [5.74, 6) is 0.854. The molecule has 0 amide bonds. The molecule has 0 saturated heterocycles. The normalized spacial score (nSPS) is 12.8. The molecule has 1 rings (SSSR count). The molecule has 0 spiro atoms. The van der Waals surface area contributed by atoms with E-state index in [1.54, 1.807) is 0 Å². The summed E-state index contributed by atoms with van der Waals surface area (Å²) in [4.78, 5) is 0. The quantitative estimate of drug-likeness (QED) is 0.592. The Bertz CT molecular complexity index is 321. The van der Waals surface area contributed by atoms with E-state index >= 15 is 0 Å². The van der Waals surface area contributed by atoms with Crippen molar-refractivity contribution >= 4 is 0 Å². The van der Waals surface area contributed by atoms with Gasteiger partial charge in [-0.3, -0.25) is 0 Å². The number of rotatable bonds is 11. The van der Waals surface area contributed by atoms with Crippen LogP contribution in [0.3, 0.4) is 0 Å². The maximum atomic E-state index is 6.16. The van der Waals surface area contributed by atoms with Crippen LogP contribution in [0, 0.1) is 5.92 Å². The second-order valence-electron chi connectivity index (χ2n) is 6.15. The van der Waals surface area contributed by atoms with Gasteiger partial charge in [0.15, 0.2) is 0 Å². The molecule has 3 N–H and O–H groups in total. The van der Waals surface area contributed by atoms with Gasteiger partial charge in [0.1, 0.15) is 0 Å². The maximum absolute atomic E-state index is 6.16. The van der Waals surface area contributed by atoms with E-state index in [-0.39, 0.29) is 6.04 Å². The summed E-state index contributed by atoms with van der Waals surface area (Å²) in [6.45, 7) is 6.75. The summed E-state index contributed by atoms with van der Waals surface area (Å²) in [5, 5.41) is 3.51. The lowest BCUT2D eigenvalue weighted by Gasteiger charge is -2.12. The zero-order valence-electron chi connectivity index (χ0n) is 13.3. The lowest BCUT2D eigenvalue weighted by atomic mass is 10.0. The highest BCUT2D eigenvalue weighted by Gasteiger charge is 2.03. The molecule has 114 valence electrons. The Morgan fingerprint density at radius 1 is 0.900 bits per heavy atom. The molecule has 0 aliphatic rings. The smallest absolute Gasteiger partial charge is 0.0306 e. The third-order valence-electron chi connectivity index (χ3n) is 3.74. The molecule has 0 radical (unpaired) electrons. The van der Waals surface area contributed by atoms with Crippen LogP contribution in [0.5, 0.6) is 0 Å². The van der Waals surface area contributed by atoms with Crippen molar-refractivity contribution < 1.29 is 0 Å². The molecular formula is C18H32N2. The minimum atomic E-state index is 0.162. The molecule has 2 nitrogen and oxygen atoms in total. The number of nitrogens with one attached hydrogen (secondary N) is 1. The monoisotopic (exact) mass is 276 g/mol. The van der Waals surface area contributed by atoms with Gasteiger partial charge in [0.25, 0.3) is 0 Å². The lowest BCUT2D eigenvalue weighted by molar-refractivity contribution is 0.506. The third-order valence-corrected chi connectivity index (χ3v) is 3.74. The first-order valence-corrected chi connectivity index (χ1v) is 8.21. The highest BCUT2D eigenvalue weighted by molar-refractivity contribution is 5.18. The van der Waals surface area contributed by atoms with E-state index in [1.807, 2.05) is 6.07 Å². The Hall–Kier alpha value is -0.860. The zero-order chi connectivity index (χ0) is 14.6. The molecule has 1 aromatic carbocycles. The predicted octanol–water partition coefficient (Wildman–Crippen LogP) is 4.27. The first-order chi connectivity index (χ1) is 9.70. The van der Waals surface area contributed by atoms with Crippen molar-refractivity contribution in [3.8, 4) is 0 Å². The van der Waals surface area contributed by atoms with Gasteiger partial charge in [0.2, 0.25) is 0 Å². The van der Waals surface area contributed by atoms with Gasteiger partial charge in [-0.25, -0.2) is 0 Å². The molecule has 1 atom stereocenters. The molecule has 0 bridgehead atoms. The van der Waals surface area contributed by atoms with Gasteiger partial charge in [-0.1, -0.05) is 69.9 Å². The summed E-state index contributed by atoms with van der Waals surface area (Å²) in [5.41, 5.74) is 7.40. The Labute approximate surface area is 125 Å². The molecule has 0 heterocycles. The molecular weight excluding hydrogens is 244 g/mol. The fraction of sp³-hybridized carbons (Fsp3) is 0.667. The van der Waals surface area contributed by atoms with E-state index in [0.29, 0.717) is 0 Å². The van der Waals surface area contributed by atoms with Gasteiger partial charge >= 0.3 is 0 Å². The van der Waals surface area contributed by atoms with Crippen molar-refractivity contribution in [3.05, 3.63) is 35.9 Å². The van der Waals surface area contributed by atoms with Gasteiger partial charge in [0, 0.05) is 6.04 Å². The summed E-state index contributed by atoms with van der Waals surface area (Å²) in [6.07, 6.45) is 7.79. The Balaban J connectivity index is 1.92. The minimum Gasteiger partial charge on any atom is -0.324 e. The number of unbranched alkanes of at least 4 members (excludes halogenated alkanes) is 3. The van der Waals surface area contributed by atoms with Crippen molar-refractivity contribution in [2.24, 2.45) is 11.7 Å². The largest absolute Gasteiger partial charge is 0.324 e. The molecule has 2 heteroatoms. The van der Waals surface area contributed by atoms with E-state index in [1.165, 1.54) is 37.7 Å². The average Bonchev–Trinajstić information content (AvgIpc) is 2.46. The second kappa shape index (κ2) is 10.9. The van der Waals surface area contributed by atoms with Crippen LogP contribution >= 0.6 is 0 Å². The van der Waals surface area contributed by atoms with E-state index in [4.69, 9.17) is 5.73 Å². The number of benzene rings is 1. The van der Waals surface area contributed by atoms with Crippen LogP contribution in [0.2, 0.25) is 0 Å². The van der Waals surface area contributed by atoms with Crippen molar-refractivity contribution in [2.75, 3.05) is 13.1 Å². The predicted molar refractivity (Wildman–Crippen MR) is 88.8 cm³/mol. The fourth-order valence-corrected chi connectivity index (χ4v) is 2.41. The van der Waals surface area contributed by atoms with Gasteiger partial charge in [-0.05, 0) is 37.4 Å². The highest BCUT2D eigenvalue weighted by atomic mass is 14.9. The highest BCUT2D eigenvalue weighted by Crippen LogP contribution is 2.12. The minimum absolute atomic E-state index is 0.162. The van der Waals surface area contributed by atoms with Crippen LogP contribution < -0.4 is 11.1 Å². The van der Waals surface area contributed by atoms with Crippen molar-refractivity contribution in [1.82, 2.24) is 5.32 Å². The van der Waals surface area contributed by atoms with Crippen molar-refractivity contribution in [2.45, 2.75) is 58.4 Å². The molecule has 0 saturated carbocycles. The topological polar surface area (TPSA) is 38.0 Å². The molecule has 0 aliphatic heterocycles. The fourth-order valence-electron chi connectivity index (χ4n) is 2.41. The number of hydrogen-bond donors (Lipinski definition) is 2. The average molecular weight is 276 g/mol. The number of nitrogens with two attached hydrogens (primary N) is 1. The molecule has 0 aromatic heterocycles. The lowest BCUT2D eigenvalue weighted by Crippen LogP contribution is -2.22. The van der Waals surface area contributed by atoms with Crippen molar-refractivity contribution in [3.63, 3.8) is 0 Å². The van der Waals surface area contributed by atoms with Gasteiger partial charge in [-0.15, -0.1) is 0 Å². The van der Waals surface area contributed by atoms with Crippen LogP contribution in [0.4, 0.5) is 0 Å². The molecule has 20 heavy (non-hydrogen) atoms. The maximum Gasteiger partial charge on any atom is 0.0306 e. The van der Waals surface area contributed by atoms with Crippen LogP contribution in [-0.4, -0.2) is 13.1 Å². The van der Waals surface area contributed by atoms with Crippen LogP contribution in [0.25, 0.3) is 0 Å². The van der Waals surface area contributed by atoms with Gasteiger partial charge < -0.3 is 11.1 Å². The second-order valence-corrected chi connectivity index (χ2v) is 6.15. The van der Waals surface area contributed by atoms with E-state index in [2.05, 4.69) is 43.4 Å². The van der Waals surface area contributed by atoms with Crippen LogP contribution in [0.1, 0.15) is 64.0 Å². The molecule has 1 aromatic rings. The standard InChI is InChI=1S/C18H32N2/c1-16(2)10-6-3-4-9-14-20-15-13-18(19)17-11-7-5-8-12-17/h5,7-8,11-12,16,18,20H,3-4,6,9-10,13-15,19H2,1-2H3. The third kappa shape index (κ3) is 8.34. The van der Waals surface area contributed by atoms with E-state index in [0.717, 1.165) is 25.4 Å². The van der Waals surface area contributed by atoms with E-state index in [9.17, 15) is 0 Å². The molecule has 0 fully saturated rings. The first kappa shape index (κ1) is 17.2. The number of hydrogen-bond acceptors (Lipinski definition) is 2. The molecule has 1 unspecified atom stereocenters. The van der Waals surface area contributed by atoms with Crippen LogP contribution in [0.15, 0.2) is 30.3 Å². The Morgan fingerprint density at radius 2 is 1.60 bits per heavy atom. The summed E-state index contributed by atoms with van der Waals surface area (Å²) < 4.78 is 0. The van der Waals surface area contributed by atoms with E-state index < -0.39 is 0 Å². The van der Waals surface area contributed by atoms with Gasteiger partial charge in [0.05, 0.1) is 0 Å². The first-order valence-electron chi connectivity index (χ1n) is 8.21. The summed E-state index contributed by atoms with van der Waals surface area (Å²) >= 11 is 0. The van der Waals surface area contributed by atoms with Crippen LogP contribution in [-0.2, 0) is 0 Å². The summed E-state index contributed by atoms with van der Waals surface area (Å²) in [7, 11) is 0. The Morgan fingerprint density at radius 3 is 2.30 bits per heavy atom. The van der Waals surface area contributed by atoms with Crippen molar-refractivity contribution in [1.29, 1.82) is 0 Å². The summed E-state index contributed by atoms with van der Waals surface area (Å²) in [6, 6.07) is 10.5. The SMILES string of the molecule is CC(C)CCCCCCNCCC(N)c1ccccc1. The Kier molecular flexibility index (Phi) is 9.35.